The largest absolute Gasteiger partial charge is 0.465 e. The predicted molar refractivity (Wildman–Crippen MR) is 98.6 cm³/mol. The van der Waals surface area contributed by atoms with Gasteiger partial charge < -0.3 is 15.4 Å². The number of nitrogens with zero attached hydrogens (tertiary/aromatic N) is 2. The fourth-order valence-electron chi connectivity index (χ4n) is 2.94. The molecule has 1 aliphatic rings. The van der Waals surface area contributed by atoms with Crippen molar-refractivity contribution < 1.29 is 9.53 Å². The van der Waals surface area contributed by atoms with Crippen LogP contribution in [0.5, 0.6) is 0 Å². The molecule has 0 radical (unpaired) electrons. The van der Waals surface area contributed by atoms with E-state index >= 15 is 0 Å². The summed E-state index contributed by atoms with van der Waals surface area (Å²) < 4.78 is 4.73. The zero-order valence-corrected chi connectivity index (χ0v) is 14.8. The number of methoxy groups -OCH3 is 1. The highest BCUT2D eigenvalue weighted by Crippen LogP contribution is 2.26. The summed E-state index contributed by atoms with van der Waals surface area (Å²) in [6.07, 6.45) is 7.84. The Hall–Kier alpha value is -2.34. The molecule has 2 N–H and O–H groups in total. The predicted octanol–water partition coefficient (Wildman–Crippen LogP) is 4.40. The molecule has 0 unspecified atom stereocenters. The minimum atomic E-state index is -0.423. The van der Waals surface area contributed by atoms with Gasteiger partial charge in [-0.15, -0.1) is 0 Å². The highest BCUT2D eigenvalue weighted by atomic mass is 35.5. The molecule has 0 atom stereocenters. The first-order chi connectivity index (χ1) is 12.2. The third kappa shape index (κ3) is 4.60. The van der Waals surface area contributed by atoms with Gasteiger partial charge in [0.1, 0.15) is 5.82 Å². The molecular formula is C18H21ClN4O2. The highest BCUT2D eigenvalue weighted by molar-refractivity contribution is 6.33. The van der Waals surface area contributed by atoms with E-state index in [1.54, 1.807) is 24.4 Å². The number of hydrogen-bond acceptors (Lipinski definition) is 6. The van der Waals surface area contributed by atoms with E-state index in [1.165, 1.54) is 39.2 Å². The first kappa shape index (κ1) is 17.5. The Bertz CT molecular complexity index is 748. The Morgan fingerprint density at radius 1 is 1.24 bits per heavy atom. The average molecular weight is 361 g/mol. The molecule has 25 heavy (non-hydrogen) atoms. The van der Waals surface area contributed by atoms with Gasteiger partial charge in [0.05, 0.1) is 23.4 Å². The topological polar surface area (TPSA) is 76.1 Å². The number of ether oxygens (including phenoxy) is 1. The molecule has 7 heteroatoms. The van der Waals surface area contributed by atoms with Gasteiger partial charge in [0.15, 0.2) is 0 Å². The smallest absolute Gasteiger partial charge is 0.337 e. The quantitative estimate of drug-likeness (QED) is 0.769. The number of benzene rings is 1. The Morgan fingerprint density at radius 2 is 2.04 bits per heavy atom. The van der Waals surface area contributed by atoms with Gasteiger partial charge in [0.2, 0.25) is 5.95 Å². The summed E-state index contributed by atoms with van der Waals surface area (Å²) in [6, 6.07) is 7.19. The first-order valence-corrected chi connectivity index (χ1v) is 8.78. The van der Waals surface area contributed by atoms with E-state index in [2.05, 4.69) is 20.6 Å². The zero-order chi connectivity index (χ0) is 17.6. The fourth-order valence-corrected chi connectivity index (χ4v) is 3.11. The van der Waals surface area contributed by atoms with Crippen LogP contribution < -0.4 is 10.6 Å². The van der Waals surface area contributed by atoms with Crippen LogP contribution >= 0.6 is 11.6 Å². The second-order valence-corrected chi connectivity index (χ2v) is 6.46. The van der Waals surface area contributed by atoms with Crippen LogP contribution in [0.15, 0.2) is 30.5 Å². The second kappa shape index (κ2) is 8.16. The van der Waals surface area contributed by atoms with E-state index in [0.717, 1.165) is 5.82 Å². The van der Waals surface area contributed by atoms with Gasteiger partial charge in [-0.25, -0.2) is 9.78 Å². The summed E-state index contributed by atoms with van der Waals surface area (Å²) in [6.45, 7) is 0. The van der Waals surface area contributed by atoms with Crippen LogP contribution in [0.25, 0.3) is 0 Å². The summed E-state index contributed by atoms with van der Waals surface area (Å²) in [5.74, 6) is 0.780. The van der Waals surface area contributed by atoms with E-state index in [4.69, 9.17) is 16.3 Å². The third-order valence-corrected chi connectivity index (χ3v) is 4.58. The number of rotatable bonds is 5. The number of aromatic nitrogens is 2. The van der Waals surface area contributed by atoms with Crippen molar-refractivity contribution >= 4 is 35.0 Å². The monoisotopic (exact) mass is 360 g/mol. The third-order valence-electron chi connectivity index (χ3n) is 4.25. The maximum absolute atomic E-state index is 11.7. The number of nitrogens with one attached hydrogen (secondary N) is 2. The van der Waals surface area contributed by atoms with Crippen LogP contribution in [-0.4, -0.2) is 29.1 Å². The van der Waals surface area contributed by atoms with Crippen LogP contribution in [0, 0.1) is 0 Å². The van der Waals surface area contributed by atoms with Crippen LogP contribution in [-0.2, 0) is 4.74 Å². The molecule has 6 nitrogen and oxygen atoms in total. The zero-order valence-electron chi connectivity index (χ0n) is 14.1. The highest BCUT2D eigenvalue weighted by Gasteiger charge is 2.14. The van der Waals surface area contributed by atoms with E-state index in [1.807, 2.05) is 6.07 Å². The molecule has 132 valence electrons. The first-order valence-electron chi connectivity index (χ1n) is 8.40. The van der Waals surface area contributed by atoms with Gasteiger partial charge in [-0.2, -0.15) is 4.98 Å². The SMILES string of the molecule is COC(=O)c1ccc(Cl)c(Nc2nccc(NC3CCCCC3)n2)c1. The van der Waals surface area contributed by atoms with Gasteiger partial charge in [-0.05, 0) is 37.1 Å². The summed E-state index contributed by atoms with van der Waals surface area (Å²) in [4.78, 5) is 20.4. The van der Waals surface area contributed by atoms with Crippen molar-refractivity contribution in [3.63, 3.8) is 0 Å². The Balaban J connectivity index is 1.74. The van der Waals surface area contributed by atoms with E-state index in [0.29, 0.717) is 28.3 Å². The molecular weight excluding hydrogens is 340 g/mol. The lowest BCUT2D eigenvalue weighted by molar-refractivity contribution is 0.0601. The number of hydrogen-bond donors (Lipinski definition) is 2. The van der Waals surface area contributed by atoms with E-state index in [-0.39, 0.29) is 0 Å². The molecule has 0 amide bonds. The van der Waals surface area contributed by atoms with Crippen molar-refractivity contribution in [3.05, 3.63) is 41.0 Å². The van der Waals surface area contributed by atoms with Crippen LogP contribution in [0.3, 0.4) is 0 Å². The lowest BCUT2D eigenvalue weighted by Crippen LogP contribution is -2.22. The molecule has 1 aromatic carbocycles. The number of carbonyl (C=O) groups is 1. The maximum Gasteiger partial charge on any atom is 0.337 e. The van der Waals surface area contributed by atoms with Gasteiger partial charge >= 0.3 is 5.97 Å². The summed E-state index contributed by atoms with van der Waals surface area (Å²) in [7, 11) is 1.34. The van der Waals surface area contributed by atoms with E-state index < -0.39 is 5.97 Å². The maximum atomic E-state index is 11.7. The molecule has 0 aliphatic heterocycles. The molecule has 3 rings (SSSR count). The molecule has 1 saturated carbocycles. The number of anilines is 3. The number of carbonyl (C=O) groups excluding carboxylic acids is 1. The van der Waals surface area contributed by atoms with Gasteiger partial charge in [0, 0.05) is 12.2 Å². The average Bonchev–Trinajstić information content (AvgIpc) is 2.64. The Kier molecular flexibility index (Phi) is 5.71. The molecule has 2 aromatic rings. The number of esters is 1. The van der Waals surface area contributed by atoms with Gasteiger partial charge in [-0.3, -0.25) is 0 Å². The fraction of sp³-hybridized carbons (Fsp3) is 0.389. The minimum Gasteiger partial charge on any atom is -0.465 e. The van der Waals surface area contributed by atoms with Crippen molar-refractivity contribution in [1.82, 2.24) is 9.97 Å². The van der Waals surface area contributed by atoms with Crippen molar-refractivity contribution in [1.29, 1.82) is 0 Å². The summed E-state index contributed by atoms with van der Waals surface area (Å²) in [5.41, 5.74) is 0.963. The molecule has 0 bridgehead atoms. The van der Waals surface area contributed by atoms with E-state index in [9.17, 15) is 4.79 Å². The van der Waals surface area contributed by atoms with Crippen LogP contribution in [0.4, 0.5) is 17.5 Å². The molecule has 1 heterocycles. The Labute approximate surface area is 152 Å². The molecule has 1 aromatic heterocycles. The van der Waals surface area contributed by atoms with Crippen molar-refractivity contribution in [3.8, 4) is 0 Å². The summed E-state index contributed by atoms with van der Waals surface area (Å²) >= 11 is 6.20. The van der Waals surface area contributed by atoms with Crippen LogP contribution in [0.1, 0.15) is 42.5 Å². The second-order valence-electron chi connectivity index (χ2n) is 6.06. The Morgan fingerprint density at radius 3 is 2.80 bits per heavy atom. The lowest BCUT2D eigenvalue weighted by atomic mass is 9.95. The molecule has 1 fully saturated rings. The van der Waals surface area contributed by atoms with Crippen LogP contribution in [0.2, 0.25) is 5.02 Å². The molecule has 0 saturated heterocycles. The number of halogens is 1. The lowest BCUT2D eigenvalue weighted by Gasteiger charge is -2.23. The minimum absolute atomic E-state index is 0.408. The van der Waals surface area contributed by atoms with Crippen molar-refractivity contribution in [2.24, 2.45) is 0 Å². The summed E-state index contributed by atoms with van der Waals surface area (Å²) in [5, 5.41) is 7.00. The van der Waals surface area contributed by atoms with Gasteiger partial charge in [-0.1, -0.05) is 30.9 Å². The normalized spacial score (nSPS) is 14.8. The van der Waals surface area contributed by atoms with Crippen molar-refractivity contribution in [2.45, 2.75) is 38.1 Å². The standard InChI is InChI=1S/C18H21ClN4O2/c1-25-17(24)12-7-8-14(19)15(11-12)22-18-20-10-9-16(23-18)21-13-5-3-2-4-6-13/h7-11,13H,2-6H2,1H3,(H2,20,21,22,23). The molecule has 1 aliphatic carbocycles. The molecule has 0 spiro atoms. The van der Waals surface area contributed by atoms with Crippen molar-refractivity contribution in [2.75, 3.05) is 17.7 Å². The van der Waals surface area contributed by atoms with Gasteiger partial charge in [0.25, 0.3) is 0 Å².